The van der Waals surface area contributed by atoms with Crippen LogP contribution in [0.2, 0.25) is 0 Å². The lowest BCUT2D eigenvalue weighted by Gasteiger charge is -2.46. The molecule has 0 aromatic rings. The summed E-state index contributed by atoms with van der Waals surface area (Å²) in [5, 5.41) is 86.6. The minimum atomic E-state index is -1.79. The second-order valence-corrected chi connectivity index (χ2v) is 19.0. The Hall–Kier alpha value is -2.31. The molecule has 0 spiro atoms. The molecule has 2 saturated heterocycles. The van der Waals surface area contributed by atoms with Gasteiger partial charge in [-0.05, 0) is 70.6 Å². The van der Waals surface area contributed by atoms with Gasteiger partial charge in [0.05, 0.1) is 32.0 Å². The Labute approximate surface area is 416 Å². The summed E-state index contributed by atoms with van der Waals surface area (Å²) in [6.07, 6.45) is 34.2. The van der Waals surface area contributed by atoms with E-state index in [0.717, 1.165) is 57.8 Å². The summed E-state index contributed by atoms with van der Waals surface area (Å²) in [5.41, 5.74) is 0. The van der Waals surface area contributed by atoms with Gasteiger partial charge in [-0.2, -0.15) is 0 Å². The van der Waals surface area contributed by atoms with Gasteiger partial charge < -0.3 is 65.1 Å². The van der Waals surface area contributed by atoms with Gasteiger partial charge in [-0.15, -0.1) is 0 Å². The Bertz CT molecular complexity index is 1390. The fourth-order valence-electron chi connectivity index (χ4n) is 8.49. The Morgan fingerprint density at radius 1 is 0.522 bits per heavy atom. The number of aliphatic hydroxyl groups is 8. The minimum absolute atomic E-state index is 0.258. The largest absolute Gasteiger partial charge is 0.394 e. The molecule has 2 heterocycles. The summed E-state index contributed by atoms with van der Waals surface area (Å²) in [5.74, 6) is -0.258. The Kier molecular flexibility index (Phi) is 37.5. The average Bonchev–Trinajstić information content (AvgIpc) is 3.35. The zero-order valence-electron chi connectivity index (χ0n) is 42.5. The van der Waals surface area contributed by atoms with Crippen LogP contribution in [0.25, 0.3) is 0 Å². The molecule has 0 radical (unpaired) electrons. The predicted molar refractivity (Wildman–Crippen MR) is 272 cm³/mol. The van der Waals surface area contributed by atoms with Gasteiger partial charge in [0.25, 0.3) is 0 Å². The smallest absolute Gasteiger partial charge is 0.220 e. The van der Waals surface area contributed by atoms with Crippen molar-refractivity contribution in [3.63, 3.8) is 0 Å². The highest BCUT2D eigenvalue weighted by molar-refractivity contribution is 5.76. The molecule has 14 nitrogen and oxygen atoms in total. The van der Waals surface area contributed by atoms with Gasteiger partial charge >= 0.3 is 0 Å². The van der Waals surface area contributed by atoms with Crippen molar-refractivity contribution in [3.8, 4) is 0 Å². The second kappa shape index (κ2) is 41.2. The van der Waals surface area contributed by atoms with Gasteiger partial charge in [-0.25, -0.2) is 0 Å². The molecule has 400 valence electrons. The van der Waals surface area contributed by atoms with E-state index in [9.17, 15) is 45.6 Å². The lowest BCUT2D eigenvalue weighted by Crippen LogP contribution is -2.65. The number of unbranched alkanes of at least 4 members (excludes halogenated alkanes) is 20. The first-order valence-corrected chi connectivity index (χ1v) is 27.0. The van der Waals surface area contributed by atoms with Gasteiger partial charge in [0, 0.05) is 6.42 Å². The van der Waals surface area contributed by atoms with Crippen molar-refractivity contribution in [2.45, 2.75) is 261 Å². The molecule has 0 aromatic heterocycles. The number of carbonyl (C=O) groups is 1. The van der Waals surface area contributed by atoms with E-state index in [1.807, 2.05) is 6.08 Å². The summed E-state index contributed by atoms with van der Waals surface area (Å²) in [6, 6.07) is -0.934. The zero-order chi connectivity index (χ0) is 50.3. The number of amides is 1. The number of hydrogen-bond donors (Lipinski definition) is 9. The van der Waals surface area contributed by atoms with Crippen molar-refractivity contribution in [3.05, 3.63) is 60.8 Å². The van der Waals surface area contributed by atoms with Crippen molar-refractivity contribution >= 4 is 5.91 Å². The third-order valence-electron chi connectivity index (χ3n) is 12.9. The first-order valence-electron chi connectivity index (χ1n) is 27.0. The van der Waals surface area contributed by atoms with Crippen molar-refractivity contribution in [2.24, 2.45) is 0 Å². The maximum atomic E-state index is 13.2. The lowest BCUT2D eigenvalue weighted by molar-refractivity contribution is -0.359. The van der Waals surface area contributed by atoms with E-state index in [1.165, 1.54) is 96.3 Å². The van der Waals surface area contributed by atoms with Crippen LogP contribution in [0.4, 0.5) is 0 Å². The third-order valence-corrected chi connectivity index (χ3v) is 12.9. The topological polar surface area (TPSA) is 228 Å². The Morgan fingerprint density at radius 2 is 0.971 bits per heavy atom. The summed E-state index contributed by atoms with van der Waals surface area (Å²) < 4.78 is 22.6. The van der Waals surface area contributed by atoms with E-state index >= 15 is 0 Å². The maximum Gasteiger partial charge on any atom is 0.220 e. The molecule has 1 amide bonds. The molecule has 9 N–H and O–H groups in total. The number of rotatable bonds is 41. The van der Waals surface area contributed by atoms with Gasteiger partial charge in [0.1, 0.15) is 48.8 Å². The molecule has 2 rings (SSSR count). The predicted octanol–water partition coefficient (Wildman–Crippen LogP) is 7.83. The SMILES string of the molecule is CCCCCC/C=C/CC/C=C/C(O)C(COC1OC(CO)C(OC2OC(CO)C(O)C(O)C2O)C(O)C1O)NC(=O)CCCCCCCCCCCC/C=C\C/C=C\C/C=C\CCCCCCC. The van der Waals surface area contributed by atoms with Crippen LogP contribution in [0.5, 0.6) is 0 Å². The van der Waals surface area contributed by atoms with Crippen LogP contribution in [-0.2, 0) is 23.7 Å². The summed E-state index contributed by atoms with van der Waals surface area (Å²) in [4.78, 5) is 13.2. The van der Waals surface area contributed by atoms with E-state index in [2.05, 4.69) is 67.8 Å². The van der Waals surface area contributed by atoms with Crippen LogP contribution in [0.3, 0.4) is 0 Å². The van der Waals surface area contributed by atoms with Crippen LogP contribution in [0, 0.1) is 0 Å². The van der Waals surface area contributed by atoms with E-state index in [0.29, 0.717) is 12.8 Å². The quantitative estimate of drug-likeness (QED) is 0.0211. The van der Waals surface area contributed by atoms with Crippen molar-refractivity contribution in [2.75, 3.05) is 19.8 Å². The Balaban J connectivity index is 1.74. The van der Waals surface area contributed by atoms with Crippen LogP contribution >= 0.6 is 0 Å². The molecular weight excluding hydrogens is 883 g/mol. The molecule has 2 aliphatic heterocycles. The normalized spacial score (nSPS) is 26.6. The molecule has 2 fully saturated rings. The second-order valence-electron chi connectivity index (χ2n) is 19.0. The fourth-order valence-corrected chi connectivity index (χ4v) is 8.49. The first-order chi connectivity index (χ1) is 33.6. The van der Waals surface area contributed by atoms with Gasteiger partial charge in [-0.1, -0.05) is 171 Å². The van der Waals surface area contributed by atoms with Gasteiger partial charge in [-0.3, -0.25) is 4.79 Å². The van der Waals surface area contributed by atoms with E-state index in [-0.39, 0.29) is 18.9 Å². The van der Waals surface area contributed by atoms with Crippen LogP contribution in [0.15, 0.2) is 60.8 Å². The van der Waals surface area contributed by atoms with Gasteiger partial charge in [0.2, 0.25) is 5.91 Å². The van der Waals surface area contributed by atoms with Crippen LogP contribution in [-0.4, -0.2) is 140 Å². The number of aliphatic hydroxyl groups excluding tert-OH is 8. The molecule has 0 bridgehead atoms. The molecule has 2 aliphatic rings. The number of allylic oxidation sites excluding steroid dienone is 9. The Morgan fingerprint density at radius 3 is 1.54 bits per heavy atom. The number of ether oxygens (including phenoxy) is 4. The molecule has 0 saturated carbocycles. The molecule has 69 heavy (non-hydrogen) atoms. The standard InChI is InChI=1S/C55H97NO13/c1-3-5-7-9-11-13-15-16-17-18-19-20-21-22-23-24-25-26-27-28-29-31-33-35-37-39-47(60)56-43(44(59)38-36-34-32-30-14-12-10-8-6-4-2)42-66-54-52(65)50(63)53(46(41-58)68-54)69-55-51(64)49(62)48(61)45(40-57)67-55/h14-16,18-19,21-22,30,36,38,43-46,48-55,57-59,61-65H,3-13,17,20,23-29,31-35,37,39-42H2,1-2H3,(H,56,60)/b16-15-,19-18-,22-21-,30-14+,38-36+. The monoisotopic (exact) mass is 980 g/mol. The van der Waals surface area contributed by atoms with Crippen LogP contribution in [0.1, 0.15) is 187 Å². The fraction of sp³-hybridized carbons (Fsp3) is 0.800. The molecule has 12 unspecified atom stereocenters. The zero-order valence-corrected chi connectivity index (χ0v) is 42.5. The molecule has 14 heteroatoms. The molecule has 12 atom stereocenters. The van der Waals surface area contributed by atoms with Crippen LogP contribution < -0.4 is 5.32 Å². The maximum absolute atomic E-state index is 13.2. The highest BCUT2D eigenvalue weighted by atomic mass is 16.7. The summed E-state index contributed by atoms with van der Waals surface area (Å²) in [7, 11) is 0. The average molecular weight is 980 g/mol. The van der Waals surface area contributed by atoms with E-state index in [4.69, 9.17) is 18.9 Å². The first kappa shape index (κ1) is 62.8. The van der Waals surface area contributed by atoms with Crippen molar-refractivity contribution in [1.29, 1.82) is 0 Å². The minimum Gasteiger partial charge on any atom is -0.394 e. The number of nitrogens with one attached hydrogen (secondary N) is 1. The van der Waals surface area contributed by atoms with E-state index < -0.39 is 86.8 Å². The van der Waals surface area contributed by atoms with Crippen molar-refractivity contribution < 1.29 is 64.6 Å². The van der Waals surface area contributed by atoms with Crippen molar-refractivity contribution in [1.82, 2.24) is 5.32 Å². The lowest BCUT2D eigenvalue weighted by atomic mass is 9.97. The number of hydrogen-bond acceptors (Lipinski definition) is 13. The summed E-state index contributed by atoms with van der Waals surface area (Å²) in [6.45, 7) is 2.70. The number of carbonyl (C=O) groups excluding carboxylic acids is 1. The molecule has 0 aromatic carbocycles. The molecular formula is C55H97NO13. The van der Waals surface area contributed by atoms with E-state index in [1.54, 1.807) is 6.08 Å². The molecule has 0 aliphatic carbocycles. The highest BCUT2D eigenvalue weighted by Gasteiger charge is 2.51. The van der Waals surface area contributed by atoms with Gasteiger partial charge in [0.15, 0.2) is 12.6 Å². The third kappa shape index (κ3) is 27.9. The summed E-state index contributed by atoms with van der Waals surface area (Å²) >= 11 is 0. The highest BCUT2D eigenvalue weighted by Crippen LogP contribution is 2.30.